The molecule has 0 spiro atoms. The van der Waals surface area contributed by atoms with Crippen LogP contribution in [0.3, 0.4) is 0 Å². The zero-order chi connectivity index (χ0) is 24.5. The van der Waals surface area contributed by atoms with E-state index in [1.807, 2.05) is 18.2 Å². The second-order valence-electron chi connectivity index (χ2n) is 9.51. The lowest BCUT2D eigenvalue weighted by Crippen LogP contribution is -2.50. The molecule has 0 radical (unpaired) electrons. The fraction of sp³-hybridized carbons (Fsp3) is 0.483. The number of carboxylic acids is 1. The highest BCUT2D eigenvalue weighted by Gasteiger charge is 2.45. The van der Waals surface area contributed by atoms with Crippen molar-refractivity contribution in [1.82, 2.24) is 4.90 Å². The average molecular weight is 480 g/mol. The summed E-state index contributed by atoms with van der Waals surface area (Å²) in [5.41, 5.74) is 3.50. The number of allylic oxidation sites excluding steroid dienone is 2. The molecule has 1 saturated heterocycles. The van der Waals surface area contributed by atoms with Crippen LogP contribution in [0.2, 0.25) is 0 Å². The van der Waals surface area contributed by atoms with Gasteiger partial charge in [0.25, 0.3) is 0 Å². The van der Waals surface area contributed by atoms with Gasteiger partial charge < -0.3 is 19.7 Å². The quantitative estimate of drug-likeness (QED) is 0.364. The van der Waals surface area contributed by atoms with Gasteiger partial charge in [0, 0.05) is 37.9 Å². The molecule has 2 fully saturated rings. The van der Waals surface area contributed by atoms with Gasteiger partial charge in [-0.2, -0.15) is 0 Å². The number of carbonyl (C=O) groups is 1. The first-order valence-electron chi connectivity index (χ1n) is 12.7. The first-order valence-corrected chi connectivity index (χ1v) is 12.7. The predicted molar refractivity (Wildman–Crippen MR) is 136 cm³/mol. The van der Waals surface area contributed by atoms with Crippen LogP contribution in [0.1, 0.15) is 37.7 Å². The number of aliphatic carboxylic acids is 1. The van der Waals surface area contributed by atoms with Gasteiger partial charge in [0.2, 0.25) is 0 Å². The lowest BCUT2D eigenvalue weighted by atomic mass is 9.94. The molecule has 4 atom stereocenters. The smallest absolute Gasteiger partial charge is 0.303 e. The normalized spacial score (nSPS) is 25.3. The molecular weight excluding hydrogens is 442 g/mol. The first-order chi connectivity index (χ1) is 17.1. The minimum atomic E-state index is -0.755. The molecule has 188 valence electrons. The average Bonchev–Trinajstić information content (AvgIpc) is 3.20. The molecule has 0 aromatic heterocycles. The highest BCUT2D eigenvalue weighted by Crippen LogP contribution is 2.36. The van der Waals surface area contributed by atoms with E-state index < -0.39 is 12.1 Å². The molecule has 1 aliphatic heterocycles. The van der Waals surface area contributed by atoms with E-state index in [2.05, 4.69) is 53.5 Å². The minimum absolute atomic E-state index is 0.0321. The minimum Gasteiger partial charge on any atom is -0.481 e. The van der Waals surface area contributed by atoms with Crippen LogP contribution in [0.25, 0.3) is 11.1 Å². The Labute approximate surface area is 208 Å². The number of unbranched alkanes of at least 4 members (excludes halogenated alkanes) is 1. The Morgan fingerprint density at radius 2 is 1.74 bits per heavy atom. The molecule has 35 heavy (non-hydrogen) atoms. The molecule has 4 rings (SSSR count). The van der Waals surface area contributed by atoms with Crippen molar-refractivity contribution in [3.05, 3.63) is 72.3 Å². The van der Waals surface area contributed by atoms with Gasteiger partial charge in [-0.3, -0.25) is 9.69 Å². The summed E-state index contributed by atoms with van der Waals surface area (Å²) in [6, 6.07) is 18.9. The summed E-state index contributed by atoms with van der Waals surface area (Å²) in [6.07, 6.45) is 6.78. The zero-order valence-electron chi connectivity index (χ0n) is 20.3. The fourth-order valence-corrected chi connectivity index (χ4v) is 5.30. The maximum Gasteiger partial charge on any atom is 0.303 e. The fourth-order valence-electron chi connectivity index (χ4n) is 5.30. The maximum absolute atomic E-state index is 11.0. The lowest BCUT2D eigenvalue weighted by molar-refractivity contribution is -0.137. The Hall–Kier alpha value is -2.51. The standard InChI is InChI=1S/C29H37NO5/c31-26-20-27(35-21-22-12-14-24(15-13-22)23-8-4-3-5-9-23)25(10-6-1-2-7-11-28(32)33)29(26)30-16-18-34-19-17-30/h1,3-6,8-9,12-15,25-27,29,31H,2,7,10-11,16-21H2,(H,32,33). The van der Waals surface area contributed by atoms with Gasteiger partial charge in [-0.15, -0.1) is 0 Å². The van der Waals surface area contributed by atoms with Crippen molar-refractivity contribution < 1.29 is 24.5 Å². The van der Waals surface area contributed by atoms with Gasteiger partial charge in [-0.1, -0.05) is 66.7 Å². The highest BCUT2D eigenvalue weighted by atomic mass is 16.5. The molecule has 2 N–H and O–H groups in total. The van der Waals surface area contributed by atoms with Crippen LogP contribution in [-0.4, -0.2) is 65.6 Å². The molecule has 1 aliphatic carbocycles. The molecule has 0 amide bonds. The van der Waals surface area contributed by atoms with E-state index in [9.17, 15) is 9.90 Å². The Kier molecular flexibility index (Phi) is 9.49. The second-order valence-corrected chi connectivity index (χ2v) is 9.51. The van der Waals surface area contributed by atoms with Crippen molar-refractivity contribution in [3.8, 4) is 11.1 Å². The van der Waals surface area contributed by atoms with Crippen LogP contribution in [0.4, 0.5) is 0 Å². The lowest BCUT2D eigenvalue weighted by Gasteiger charge is -2.37. The third kappa shape index (κ3) is 7.24. The molecule has 0 bridgehead atoms. The number of hydrogen-bond acceptors (Lipinski definition) is 5. The Bertz CT molecular complexity index is 939. The Morgan fingerprint density at radius 1 is 1.03 bits per heavy atom. The summed E-state index contributed by atoms with van der Waals surface area (Å²) in [5, 5.41) is 19.8. The third-order valence-corrected chi connectivity index (χ3v) is 7.11. The van der Waals surface area contributed by atoms with E-state index in [4.69, 9.17) is 14.6 Å². The monoisotopic (exact) mass is 479 g/mol. The van der Waals surface area contributed by atoms with Crippen molar-refractivity contribution in [2.75, 3.05) is 26.3 Å². The maximum atomic E-state index is 11.0. The molecule has 2 aromatic rings. The van der Waals surface area contributed by atoms with Crippen molar-refractivity contribution in [3.63, 3.8) is 0 Å². The van der Waals surface area contributed by atoms with Gasteiger partial charge in [-0.05, 0) is 36.0 Å². The summed E-state index contributed by atoms with van der Waals surface area (Å²) in [4.78, 5) is 13.1. The number of rotatable bonds is 11. The Morgan fingerprint density at radius 3 is 2.46 bits per heavy atom. The third-order valence-electron chi connectivity index (χ3n) is 7.11. The van der Waals surface area contributed by atoms with E-state index in [0.717, 1.165) is 31.5 Å². The number of ether oxygens (including phenoxy) is 2. The number of benzene rings is 2. The topological polar surface area (TPSA) is 79.2 Å². The summed E-state index contributed by atoms with van der Waals surface area (Å²) in [5.74, 6) is -0.572. The predicted octanol–water partition coefficient (Wildman–Crippen LogP) is 4.52. The Balaban J connectivity index is 1.38. The molecular formula is C29H37NO5. The summed E-state index contributed by atoms with van der Waals surface area (Å²) < 4.78 is 12.0. The molecule has 6 nitrogen and oxygen atoms in total. The van der Waals surface area contributed by atoms with Crippen LogP contribution < -0.4 is 0 Å². The van der Waals surface area contributed by atoms with Crippen LogP contribution in [0, 0.1) is 5.92 Å². The van der Waals surface area contributed by atoms with Crippen LogP contribution in [0.5, 0.6) is 0 Å². The van der Waals surface area contributed by atoms with Crippen LogP contribution in [0.15, 0.2) is 66.7 Å². The number of morpholine rings is 1. The number of aliphatic hydroxyl groups excluding tert-OH is 1. The SMILES string of the molecule is O=C(O)CCCC=CCC1C(OCc2ccc(-c3ccccc3)cc2)CC(O)C1N1CCOCC1. The van der Waals surface area contributed by atoms with Gasteiger partial charge >= 0.3 is 5.97 Å². The molecule has 6 heteroatoms. The van der Waals surface area contributed by atoms with Gasteiger partial charge in [-0.25, -0.2) is 0 Å². The molecule has 1 saturated carbocycles. The van der Waals surface area contributed by atoms with Gasteiger partial charge in [0.15, 0.2) is 0 Å². The number of aliphatic hydroxyl groups is 1. The summed E-state index contributed by atoms with van der Waals surface area (Å²) in [6.45, 7) is 3.56. The number of nitrogens with zero attached hydrogens (tertiary/aromatic N) is 1. The van der Waals surface area contributed by atoms with E-state index in [1.165, 1.54) is 11.1 Å². The molecule has 1 heterocycles. The zero-order valence-corrected chi connectivity index (χ0v) is 20.3. The van der Waals surface area contributed by atoms with Gasteiger partial charge in [0.05, 0.1) is 32.0 Å². The molecule has 2 aliphatic rings. The number of hydrogen-bond donors (Lipinski definition) is 2. The van der Waals surface area contributed by atoms with Crippen LogP contribution >= 0.6 is 0 Å². The second kappa shape index (κ2) is 13.0. The number of carboxylic acid groups (broad SMARTS) is 1. The van der Waals surface area contributed by atoms with E-state index in [-0.39, 0.29) is 24.5 Å². The van der Waals surface area contributed by atoms with E-state index >= 15 is 0 Å². The summed E-state index contributed by atoms with van der Waals surface area (Å²) >= 11 is 0. The molecule has 4 unspecified atom stereocenters. The van der Waals surface area contributed by atoms with E-state index in [0.29, 0.717) is 32.7 Å². The van der Waals surface area contributed by atoms with E-state index in [1.54, 1.807) is 0 Å². The van der Waals surface area contributed by atoms with Crippen molar-refractivity contribution in [1.29, 1.82) is 0 Å². The van der Waals surface area contributed by atoms with Gasteiger partial charge in [0.1, 0.15) is 0 Å². The summed E-state index contributed by atoms with van der Waals surface area (Å²) in [7, 11) is 0. The largest absolute Gasteiger partial charge is 0.481 e. The van der Waals surface area contributed by atoms with Crippen molar-refractivity contribution in [2.24, 2.45) is 5.92 Å². The van der Waals surface area contributed by atoms with Crippen molar-refractivity contribution in [2.45, 2.75) is 57.0 Å². The highest BCUT2D eigenvalue weighted by molar-refractivity contribution is 5.66. The van der Waals surface area contributed by atoms with Crippen molar-refractivity contribution >= 4 is 5.97 Å². The first kappa shape index (κ1) is 25.6. The molecule has 2 aromatic carbocycles. The van der Waals surface area contributed by atoms with Crippen LogP contribution in [-0.2, 0) is 20.9 Å².